The van der Waals surface area contributed by atoms with Crippen LogP contribution in [0.1, 0.15) is 13.3 Å². The third-order valence-corrected chi connectivity index (χ3v) is 4.33. The number of nitrogens with one attached hydrogen (secondary N) is 1. The van der Waals surface area contributed by atoms with Gasteiger partial charge in [0.15, 0.2) is 11.6 Å². The number of hydrogen-bond donors (Lipinski definition) is 2. The van der Waals surface area contributed by atoms with Gasteiger partial charge in [-0.05, 0) is 30.5 Å². The van der Waals surface area contributed by atoms with Gasteiger partial charge in [-0.3, -0.25) is 4.79 Å². The number of amides is 2. The van der Waals surface area contributed by atoms with Gasteiger partial charge in [-0.15, -0.1) is 0 Å². The molecule has 3 rings (SSSR count). The molecule has 0 saturated carbocycles. The highest BCUT2D eigenvalue weighted by Crippen LogP contribution is 2.24. The Bertz CT molecular complexity index is 828. The number of carboxylic acids is 1. The van der Waals surface area contributed by atoms with Crippen LogP contribution in [0.4, 0.5) is 14.9 Å². The number of hydrogen-bond acceptors (Lipinski definition) is 4. The molecule has 1 aromatic carbocycles. The third-order valence-electron chi connectivity index (χ3n) is 4.33. The number of ether oxygens (including phenoxy) is 1. The highest BCUT2D eigenvalue weighted by Gasteiger charge is 2.31. The molecule has 2 unspecified atom stereocenters. The third kappa shape index (κ3) is 4.72. The average Bonchev–Trinajstić information content (AvgIpc) is 2.64. The number of anilines is 1. The Morgan fingerprint density at radius 1 is 1.26 bits per heavy atom. The standard InChI is InChI=1S/C19H20FN3O4/c1-12-8-13(18(24)25)11-23(10-12)19(26)22-14-6-7-17(21-9-14)27-16-5-3-2-4-15(16)20/h2-7,9,12-13H,8,10-11H2,1H3,(H,22,26)(H,24,25). The fourth-order valence-electron chi connectivity index (χ4n) is 3.05. The normalized spacial score (nSPS) is 19.4. The van der Waals surface area contributed by atoms with E-state index in [0.29, 0.717) is 18.7 Å². The van der Waals surface area contributed by atoms with Gasteiger partial charge in [-0.25, -0.2) is 14.2 Å². The van der Waals surface area contributed by atoms with E-state index in [1.54, 1.807) is 18.2 Å². The van der Waals surface area contributed by atoms with Crippen LogP contribution < -0.4 is 10.1 Å². The molecule has 142 valence electrons. The average molecular weight is 373 g/mol. The Labute approximate surface area is 155 Å². The van der Waals surface area contributed by atoms with Crippen LogP contribution in [0.5, 0.6) is 11.6 Å². The van der Waals surface area contributed by atoms with E-state index in [0.717, 1.165) is 0 Å². The number of pyridine rings is 1. The van der Waals surface area contributed by atoms with Crippen molar-refractivity contribution in [2.45, 2.75) is 13.3 Å². The van der Waals surface area contributed by atoms with Crippen LogP contribution in [0.25, 0.3) is 0 Å². The second-order valence-electron chi connectivity index (χ2n) is 6.63. The lowest BCUT2D eigenvalue weighted by atomic mass is 9.91. The molecule has 8 heteroatoms. The molecule has 2 atom stereocenters. The monoisotopic (exact) mass is 373 g/mol. The summed E-state index contributed by atoms with van der Waals surface area (Å²) < 4.78 is 19.0. The van der Waals surface area contributed by atoms with Crippen molar-refractivity contribution < 1.29 is 23.8 Å². The van der Waals surface area contributed by atoms with Crippen molar-refractivity contribution >= 4 is 17.7 Å². The van der Waals surface area contributed by atoms with Gasteiger partial charge >= 0.3 is 12.0 Å². The van der Waals surface area contributed by atoms with Gasteiger partial charge in [0.05, 0.1) is 17.8 Å². The Kier molecular flexibility index (Phi) is 5.54. The number of halogens is 1. The van der Waals surface area contributed by atoms with Crippen molar-refractivity contribution in [3.05, 3.63) is 48.4 Å². The van der Waals surface area contributed by atoms with E-state index in [-0.39, 0.29) is 30.1 Å². The summed E-state index contributed by atoms with van der Waals surface area (Å²) in [5.74, 6) is -1.59. The first-order valence-corrected chi connectivity index (χ1v) is 8.59. The number of carbonyl (C=O) groups is 2. The maximum absolute atomic E-state index is 13.6. The summed E-state index contributed by atoms with van der Waals surface area (Å²) in [6, 6.07) is 8.71. The summed E-state index contributed by atoms with van der Waals surface area (Å²) in [5, 5.41) is 11.9. The molecular formula is C19H20FN3O4. The van der Waals surface area contributed by atoms with Crippen molar-refractivity contribution in [3.8, 4) is 11.6 Å². The molecule has 0 spiro atoms. The molecule has 2 heterocycles. The van der Waals surface area contributed by atoms with E-state index in [1.165, 1.54) is 29.3 Å². The fourth-order valence-corrected chi connectivity index (χ4v) is 3.05. The largest absolute Gasteiger partial charge is 0.481 e. The molecule has 7 nitrogen and oxygen atoms in total. The molecule has 1 aliphatic heterocycles. The molecule has 1 aromatic heterocycles. The molecule has 27 heavy (non-hydrogen) atoms. The maximum Gasteiger partial charge on any atom is 0.321 e. The lowest BCUT2D eigenvalue weighted by molar-refractivity contribution is -0.143. The summed E-state index contributed by atoms with van der Waals surface area (Å²) in [6.07, 6.45) is 1.96. The van der Waals surface area contributed by atoms with Gasteiger partial charge < -0.3 is 20.1 Å². The number of carboxylic acid groups (broad SMARTS) is 1. The van der Waals surface area contributed by atoms with Gasteiger partial charge in [0.2, 0.25) is 5.88 Å². The van der Waals surface area contributed by atoms with Gasteiger partial charge in [0, 0.05) is 19.2 Å². The summed E-state index contributed by atoms with van der Waals surface area (Å²) in [5.41, 5.74) is 0.436. The Morgan fingerprint density at radius 2 is 2.04 bits per heavy atom. The SMILES string of the molecule is CC1CC(C(=O)O)CN(C(=O)Nc2ccc(Oc3ccccc3F)nc2)C1. The molecule has 0 radical (unpaired) electrons. The zero-order chi connectivity index (χ0) is 19.4. The van der Waals surface area contributed by atoms with E-state index in [9.17, 15) is 19.1 Å². The molecule has 2 amide bonds. The minimum Gasteiger partial charge on any atom is -0.481 e. The molecule has 1 aliphatic rings. The van der Waals surface area contributed by atoms with E-state index >= 15 is 0 Å². The summed E-state index contributed by atoms with van der Waals surface area (Å²) in [7, 11) is 0. The quantitative estimate of drug-likeness (QED) is 0.855. The highest BCUT2D eigenvalue weighted by atomic mass is 19.1. The Hall–Kier alpha value is -3.16. The second-order valence-corrected chi connectivity index (χ2v) is 6.63. The van der Waals surface area contributed by atoms with E-state index in [2.05, 4.69) is 10.3 Å². The molecular weight excluding hydrogens is 353 g/mol. The first-order chi connectivity index (χ1) is 12.9. The number of piperidine rings is 1. The topological polar surface area (TPSA) is 91.8 Å². The van der Waals surface area contributed by atoms with Crippen molar-refractivity contribution in [2.75, 3.05) is 18.4 Å². The minimum atomic E-state index is -0.893. The zero-order valence-electron chi connectivity index (χ0n) is 14.8. The highest BCUT2D eigenvalue weighted by molar-refractivity contribution is 5.89. The van der Waals surface area contributed by atoms with Crippen molar-refractivity contribution in [1.82, 2.24) is 9.88 Å². The smallest absolute Gasteiger partial charge is 0.321 e. The summed E-state index contributed by atoms with van der Waals surface area (Å²) in [6.45, 7) is 2.59. The maximum atomic E-state index is 13.6. The van der Waals surface area contributed by atoms with Gasteiger partial charge in [0.1, 0.15) is 0 Å². The van der Waals surface area contributed by atoms with Crippen LogP contribution in [0.15, 0.2) is 42.6 Å². The zero-order valence-corrected chi connectivity index (χ0v) is 14.8. The molecule has 0 aliphatic carbocycles. The van der Waals surface area contributed by atoms with Crippen LogP contribution in [0, 0.1) is 17.7 Å². The number of benzene rings is 1. The molecule has 1 saturated heterocycles. The minimum absolute atomic E-state index is 0.0591. The van der Waals surface area contributed by atoms with Crippen LogP contribution in [0.3, 0.4) is 0 Å². The summed E-state index contributed by atoms with van der Waals surface area (Å²) in [4.78, 5) is 29.2. The molecule has 2 aromatic rings. The Balaban J connectivity index is 1.61. The number of aliphatic carboxylic acids is 1. The van der Waals surface area contributed by atoms with E-state index in [1.807, 2.05) is 6.92 Å². The fraction of sp³-hybridized carbons (Fsp3) is 0.316. The van der Waals surface area contributed by atoms with Crippen LogP contribution in [-0.2, 0) is 4.79 Å². The number of rotatable bonds is 4. The van der Waals surface area contributed by atoms with Crippen LogP contribution in [0.2, 0.25) is 0 Å². The number of carbonyl (C=O) groups excluding carboxylic acids is 1. The molecule has 0 bridgehead atoms. The van der Waals surface area contributed by atoms with Gasteiger partial charge in [0.25, 0.3) is 0 Å². The number of nitrogens with zero attached hydrogens (tertiary/aromatic N) is 2. The van der Waals surface area contributed by atoms with Gasteiger partial charge in [-0.1, -0.05) is 19.1 Å². The van der Waals surface area contributed by atoms with Crippen molar-refractivity contribution in [2.24, 2.45) is 11.8 Å². The first-order valence-electron chi connectivity index (χ1n) is 8.59. The molecule has 1 fully saturated rings. The number of urea groups is 1. The Morgan fingerprint density at radius 3 is 2.70 bits per heavy atom. The van der Waals surface area contributed by atoms with Crippen molar-refractivity contribution in [3.63, 3.8) is 0 Å². The predicted molar refractivity (Wildman–Crippen MR) is 96.2 cm³/mol. The van der Waals surface area contributed by atoms with E-state index < -0.39 is 17.7 Å². The number of para-hydroxylation sites is 1. The van der Waals surface area contributed by atoms with Crippen molar-refractivity contribution in [1.29, 1.82) is 0 Å². The summed E-state index contributed by atoms with van der Waals surface area (Å²) >= 11 is 0. The van der Waals surface area contributed by atoms with E-state index in [4.69, 9.17) is 4.74 Å². The number of likely N-dealkylation sites (tertiary alicyclic amines) is 1. The van der Waals surface area contributed by atoms with Gasteiger partial charge in [-0.2, -0.15) is 0 Å². The lowest BCUT2D eigenvalue weighted by Crippen LogP contribution is -2.47. The second kappa shape index (κ2) is 8.03. The first kappa shape index (κ1) is 18.6. The molecule has 2 N–H and O–H groups in total. The van der Waals surface area contributed by atoms with Crippen LogP contribution in [-0.4, -0.2) is 40.1 Å². The number of aromatic nitrogens is 1. The predicted octanol–water partition coefficient (Wildman–Crippen LogP) is 3.59. The lowest BCUT2D eigenvalue weighted by Gasteiger charge is -2.34. The van der Waals surface area contributed by atoms with Crippen LogP contribution >= 0.6 is 0 Å².